The molecule has 0 radical (unpaired) electrons. The van der Waals surface area contributed by atoms with Crippen molar-refractivity contribution in [3.63, 3.8) is 0 Å². The molecule has 0 bridgehead atoms. The zero-order valence-corrected chi connectivity index (χ0v) is 9.70. The minimum Gasteiger partial charge on any atom is -0.462 e. The summed E-state index contributed by atoms with van der Waals surface area (Å²) in [6, 6.07) is 3.67. The number of aryl methyl sites for hydroxylation is 1. The van der Waals surface area contributed by atoms with Crippen LogP contribution in [0, 0.1) is 6.92 Å². The molecule has 0 N–H and O–H groups in total. The van der Waals surface area contributed by atoms with E-state index in [1.165, 1.54) is 0 Å². The summed E-state index contributed by atoms with van der Waals surface area (Å²) in [5.41, 5.74) is 2.29. The van der Waals surface area contributed by atoms with Crippen LogP contribution in [-0.2, 0) is 4.74 Å². The number of esters is 1. The molecule has 3 heteroatoms. The van der Waals surface area contributed by atoms with Crippen LogP contribution in [0.15, 0.2) is 12.1 Å². The van der Waals surface area contributed by atoms with Gasteiger partial charge in [-0.25, -0.2) is 4.79 Å². The Morgan fingerprint density at radius 2 is 2.13 bits per heavy atom. The van der Waals surface area contributed by atoms with Crippen LogP contribution in [0.3, 0.4) is 0 Å². The molecule has 82 valence electrons. The molecule has 3 nitrogen and oxygen atoms in total. The van der Waals surface area contributed by atoms with Crippen LogP contribution in [0.1, 0.15) is 48.4 Å². The number of hydrogen-bond acceptors (Lipinski definition) is 3. The van der Waals surface area contributed by atoms with E-state index in [1.54, 1.807) is 13.0 Å². The number of ether oxygens (including phenoxy) is 1. The lowest BCUT2D eigenvalue weighted by molar-refractivity contribution is 0.0525. The van der Waals surface area contributed by atoms with Crippen LogP contribution in [-0.4, -0.2) is 17.6 Å². The Kier molecular flexibility index (Phi) is 3.83. The van der Waals surface area contributed by atoms with Crippen LogP contribution in [0.5, 0.6) is 0 Å². The molecule has 0 aliphatic heterocycles. The summed E-state index contributed by atoms with van der Waals surface area (Å²) in [4.78, 5) is 15.9. The second kappa shape index (κ2) is 4.91. The first-order valence-corrected chi connectivity index (χ1v) is 5.21. The summed E-state index contributed by atoms with van der Waals surface area (Å²) in [5.74, 6) is 0.0813. The number of pyridine rings is 1. The van der Waals surface area contributed by atoms with E-state index in [9.17, 15) is 4.79 Å². The van der Waals surface area contributed by atoms with Gasteiger partial charge in [-0.3, -0.25) is 4.98 Å². The number of aromatic nitrogens is 1. The standard InChI is InChI=1S/C12H17NO2/c1-5-15-12(14)10-6-7-11(8(2)3)13-9(10)4/h6-8H,5H2,1-4H3. The van der Waals surface area contributed by atoms with Crippen molar-refractivity contribution in [1.29, 1.82) is 0 Å². The first-order chi connectivity index (χ1) is 7.06. The average molecular weight is 207 g/mol. The molecule has 0 atom stereocenters. The third-order valence-electron chi connectivity index (χ3n) is 2.19. The lowest BCUT2D eigenvalue weighted by Crippen LogP contribution is -2.09. The third-order valence-corrected chi connectivity index (χ3v) is 2.19. The van der Waals surface area contributed by atoms with Crippen molar-refractivity contribution >= 4 is 5.97 Å². The molecular weight excluding hydrogens is 190 g/mol. The molecule has 0 fully saturated rings. The van der Waals surface area contributed by atoms with Crippen molar-refractivity contribution in [2.24, 2.45) is 0 Å². The van der Waals surface area contributed by atoms with Gasteiger partial charge in [0.1, 0.15) is 0 Å². The van der Waals surface area contributed by atoms with Gasteiger partial charge in [-0.15, -0.1) is 0 Å². The summed E-state index contributed by atoms with van der Waals surface area (Å²) in [6.45, 7) is 8.17. The summed E-state index contributed by atoms with van der Waals surface area (Å²) in [5, 5.41) is 0. The molecule has 1 aromatic rings. The predicted octanol–water partition coefficient (Wildman–Crippen LogP) is 2.69. The van der Waals surface area contributed by atoms with Crippen molar-refractivity contribution in [3.05, 3.63) is 29.1 Å². The predicted molar refractivity (Wildman–Crippen MR) is 59.0 cm³/mol. The second-order valence-corrected chi connectivity index (χ2v) is 3.74. The smallest absolute Gasteiger partial charge is 0.339 e. The largest absolute Gasteiger partial charge is 0.462 e. The Labute approximate surface area is 90.5 Å². The maximum absolute atomic E-state index is 11.5. The number of carbonyl (C=O) groups excluding carboxylic acids is 1. The molecule has 0 aliphatic rings. The van der Waals surface area contributed by atoms with E-state index in [0.29, 0.717) is 18.1 Å². The lowest BCUT2D eigenvalue weighted by atomic mass is 10.1. The van der Waals surface area contributed by atoms with Gasteiger partial charge in [-0.1, -0.05) is 13.8 Å². The lowest BCUT2D eigenvalue weighted by Gasteiger charge is -2.08. The number of hydrogen-bond donors (Lipinski definition) is 0. The van der Waals surface area contributed by atoms with Crippen LogP contribution in [0.2, 0.25) is 0 Å². The van der Waals surface area contributed by atoms with E-state index in [-0.39, 0.29) is 5.97 Å². The highest BCUT2D eigenvalue weighted by Crippen LogP contribution is 2.15. The number of rotatable bonds is 3. The molecule has 1 heterocycles. The first-order valence-electron chi connectivity index (χ1n) is 5.21. The third kappa shape index (κ3) is 2.78. The van der Waals surface area contributed by atoms with E-state index >= 15 is 0 Å². The van der Waals surface area contributed by atoms with E-state index in [2.05, 4.69) is 18.8 Å². The van der Waals surface area contributed by atoms with Gasteiger partial charge >= 0.3 is 5.97 Å². The normalized spacial score (nSPS) is 10.5. The van der Waals surface area contributed by atoms with Gasteiger partial charge in [0.25, 0.3) is 0 Å². The quantitative estimate of drug-likeness (QED) is 0.715. The highest BCUT2D eigenvalue weighted by molar-refractivity contribution is 5.90. The molecule has 0 aliphatic carbocycles. The van der Waals surface area contributed by atoms with Crippen molar-refractivity contribution in [2.75, 3.05) is 6.61 Å². The maximum Gasteiger partial charge on any atom is 0.339 e. The fourth-order valence-electron chi connectivity index (χ4n) is 1.33. The van der Waals surface area contributed by atoms with Gasteiger partial charge in [0, 0.05) is 5.69 Å². The molecule has 0 saturated heterocycles. The molecule has 1 aromatic heterocycles. The average Bonchev–Trinajstić information content (AvgIpc) is 2.17. The van der Waals surface area contributed by atoms with Crippen molar-refractivity contribution in [3.8, 4) is 0 Å². The molecule has 0 unspecified atom stereocenters. The van der Waals surface area contributed by atoms with E-state index in [1.807, 2.05) is 13.0 Å². The molecule has 0 spiro atoms. The van der Waals surface area contributed by atoms with E-state index < -0.39 is 0 Å². The van der Waals surface area contributed by atoms with Gasteiger partial charge in [0.05, 0.1) is 17.9 Å². The Morgan fingerprint density at radius 3 is 2.60 bits per heavy atom. The number of nitrogens with zero attached hydrogens (tertiary/aromatic N) is 1. The molecule has 0 saturated carbocycles. The molecule has 0 aromatic carbocycles. The topological polar surface area (TPSA) is 39.2 Å². The first kappa shape index (κ1) is 11.7. The van der Waals surface area contributed by atoms with Crippen molar-refractivity contribution in [1.82, 2.24) is 4.98 Å². The van der Waals surface area contributed by atoms with E-state index in [4.69, 9.17) is 4.74 Å². The minimum absolute atomic E-state index is 0.294. The van der Waals surface area contributed by atoms with Gasteiger partial charge in [-0.05, 0) is 31.9 Å². The van der Waals surface area contributed by atoms with Crippen LogP contribution in [0.4, 0.5) is 0 Å². The van der Waals surface area contributed by atoms with Crippen LogP contribution < -0.4 is 0 Å². The molecular formula is C12H17NO2. The minimum atomic E-state index is -0.294. The van der Waals surface area contributed by atoms with Gasteiger partial charge in [-0.2, -0.15) is 0 Å². The summed E-state index contributed by atoms with van der Waals surface area (Å²) < 4.78 is 4.93. The Hall–Kier alpha value is -1.38. The Bertz CT molecular complexity index is 359. The van der Waals surface area contributed by atoms with Gasteiger partial charge in [0.2, 0.25) is 0 Å². The molecule has 0 amide bonds. The fourth-order valence-corrected chi connectivity index (χ4v) is 1.33. The summed E-state index contributed by atoms with van der Waals surface area (Å²) in [7, 11) is 0. The summed E-state index contributed by atoms with van der Waals surface area (Å²) in [6.07, 6.45) is 0. The maximum atomic E-state index is 11.5. The monoisotopic (exact) mass is 207 g/mol. The van der Waals surface area contributed by atoms with Gasteiger partial charge < -0.3 is 4.74 Å². The van der Waals surface area contributed by atoms with Crippen LogP contribution in [0.25, 0.3) is 0 Å². The number of carbonyl (C=O) groups is 1. The van der Waals surface area contributed by atoms with E-state index in [0.717, 1.165) is 11.4 Å². The Balaban J connectivity index is 2.98. The van der Waals surface area contributed by atoms with Crippen molar-refractivity contribution in [2.45, 2.75) is 33.6 Å². The summed E-state index contributed by atoms with van der Waals surface area (Å²) >= 11 is 0. The van der Waals surface area contributed by atoms with Crippen LogP contribution >= 0.6 is 0 Å². The zero-order chi connectivity index (χ0) is 11.4. The SMILES string of the molecule is CCOC(=O)c1ccc(C(C)C)nc1C. The molecule has 1 rings (SSSR count). The highest BCUT2D eigenvalue weighted by Gasteiger charge is 2.12. The molecule has 15 heavy (non-hydrogen) atoms. The van der Waals surface area contributed by atoms with Gasteiger partial charge in [0.15, 0.2) is 0 Å². The second-order valence-electron chi connectivity index (χ2n) is 3.74. The highest BCUT2D eigenvalue weighted by atomic mass is 16.5. The Morgan fingerprint density at radius 1 is 1.47 bits per heavy atom. The zero-order valence-electron chi connectivity index (χ0n) is 9.70. The fraction of sp³-hybridized carbons (Fsp3) is 0.500. The van der Waals surface area contributed by atoms with Crippen molar-refractivity contribution < 1.29 is 9.53 Å².